The van der Waals surface area contributed by atoms with E-state index >= 15 is 0 Å². The van der Waals surface area contributed by atoms with Crippen LogP contribution in [0.4, 0.5) is 0 Å². The van der Waals surface area contributed by atoms with Crippen LogP contribution in [0.5, 0.6) is 0 Å². The molecule has 0 saturated carbocycles. The van der Waals surface area contributed by atoms with E-state index in [4.69, 9.17) is 9.05 Å². The molecular weight excluding hydrogens is 695 g/mol. The molecule has 0 radical (unpaired) electrons. The Hall–Kier alpha value is -0.760. The van der Waals surface area contributed by atoms with Crippen LogP contribution < -0.4 is 5.32 Å². The number of rotatable bonds is 42. The zero-order valence-electron chi connectivity index (χ0n) is 36.5. The molecule has 0 aromatic carbocycles. The number of aliphatic hydroxyl groups is 1. The highest BCUT2D eigenvalue weighted by Crippen LogP contribution is 2.43. The molecule has 0 aromatic heterocycles. The fourth-order valence-electron chi connectivity index (χ4n) is 6.81. The number of unbranched alkanes of at least 4 members (excludes halogenated alkanes) is 27. The minimum Gasteiger partial charge on any atom is -0.391 e. The van der Waals surface area contributed by atoms with E-state index in [1.165, 1.54) is 148 Å². The number of carbonyl (C=O) groups excluding carboxylic acids is 1. The molecule has 1 unspecified atom stereocenters. The highest BCUT2D eigenvalue weighted by atomic mass is 31.2. The van der Waals surface area contributed by atoms with Crippen LogP contribution in [0.1, 0.15) is 219 Å². The first kappa shape index (κ1) is 53.2. The summed E-state index contributed by atoms with van der Waals surface area (Å²) in [6, 6.07) is -0.770. The molecule has 0 fully saturated rings. The first-order valence-electron chi connectivity index (χ1n) is 23.1. The number of likely N-dealkylation sites (N-methyl/N-ethyl adjacent to an activating group) is 1. The van der Waals surface area contributed by atoms with Crippen LogP contribution in [0.3, 0.4) is 0 Å². The van der Waals surface area contributed by atoms with Crippen molar-refractivity contribution >= 4 is 13.7 Å². The predicted molar refractivity (Wildman–Crippen MR) is 231 cm³/mol. The zero-order valence-corrected chi connectivity index (χ0v) is 37.4. The number of phosphoric acid groups is 1. The summed E-state index contributed by atoms with van der Waals surface area (Å²) in [7, 11) is 1.61. The molecule has 8 nitrogen and oxygen atoms in total. The topological polar surface area (TPSA) is 105 Å². The summed E-state index contributed by atoms with van der Waals surface area (Å²) in [6.45, 7) is 4.88. The van der Waals surface area contributed by atoms with Gasteiger partial charge in [0.2, 0.25) is 5.91 Å². The normalized spacial score (nSPS) is 14.4. The van der Waals surface area contributed by atoms with Crippen LogP contribution in [-0.4, -0.2) is 73.4 Å². The first-order chi connectivity index (χ1) is 26.0. The van der Waals surface area contributed by atoms with Crippen molar-refractivity contribution < 1.29 is 32.9 Å². The van der Waals surface area contributed by atoms with Crippen molar-refractivity contribution in [1.29, 1.82) is 0 Å². The maximum atomic E-state index is 12.9. The average Bonchev–Trinajstić information content (AvgIpc) is 3.12. The second kappa shape index (κ2) is 37.8. The van der Waals surface area contributed by atoms with Crippen LogP contribution >= 0.6 is 7.82 Å². The minimum absolute atomic E-state index is 0.0722. The van der Waals surface area contributed by atoms with E-state index < -0.39 is 20.0 Å². The maximum Gasteiger partial charge on any atom is 0.472 e. The lowest BCUT2D eigenvalue weighted by atomic mass is 10.0. The van der Waals surface area contributed by atoms with Gasteiger partial charge in [0.15, 0.2) is 0 Å². The Labute approximate surface area is 335 Å². The Morgan fingerprint density at radius 2 is 1.00 bits per heavy atom. The molecule has 1 amide bonds. The largest absolute Gasteiger partial charge is 0.472 e. The first-order valence-corrected chi connectivity index (χ1v) is 24.5. The van der Waals surface area contributed by atoms with Gasteiger partial charge < -0.3 is 19.8 Å². The Balaban J connectivity index is 4.33. The van der Waals surface area contributed by atoms with Gasteiger partial charge >= 0.3 is 7.82 Å². The molecule has 322 valence electrons. The molecule has 0 bridgehead atoms. The number of carbonyl (C=O) groups is 1. The predicted octanol–water partition coefficient (Wildman–Crippen LogP) is 12.8. The van der Waals surface area contributed by atoms with Crippen molar-refractivity contribution in [3.63, 3.8) is 0 Å². The van der Waals surface area contributed by atoms with Crippen LogP contribution in [0, 0.1) is 0 Å². The van der Waals surface area contributed by atoms with Crippen LogP contribution in [0.25, 0.3) is 0 Å². The summed E-state index contributed by atoms with van der Waals surface area (Å²) in [5.41, 5.74) is 0. The van der Waals surface area contributed by atoms with Gasteiger partial charge in [-0.25, -0.2) is 4.57 Å². The number of allylic oxidation sites excluding steroid dienone is 2. The fraction of sp³-hybridized carbons (Fsp3) is 0.933. The fourth-order valence-corrected chi connectivity index (χ4v) is 7.54. The Morgan fingerprint density at radius 1 is 0.611 bits per heavy atom. The number of amides is 1. The quantitative estimate of drug-likeness (QED) is 0.0246. The summed E-state index contributed by atoms with van der Waals surface area (Å²) in [5.74, 6) is -0.151. The van der Waals surface area contributed by atoms with E-state index in [1.807, 2.05) is 21.1 Å². The van der Waals surface area contributed by atoms with Gasteiger partial charge in [-0.3, -0.25) is 13.8 Å². The minimum atomic E-state index is -4.32. The van der Waals surface area contributed by atoms with Gasteiger partial charge in [0, 0.05) is 6.42 Å². The smallest absolute Gasteiger partial charge is 0.391 e. The van der Waals surface area contributed by atoms with Gasteiger partial charge in [0.25, 0.3) is 0 Å². The Bertz CT molecular complexity index is 896. The lowest BCUT2D eigenvalue weighted by Gasteiger charge is -2.26. The third-order valence-corrected chi connectivity index (χ3v) is 11.5. The average molecular weight is 788 g/mol. The number of aliphatic hydroxyl groups excluding tert-OH is 1. The van der Waals surface area contributed by atoms with E-state index in [0.29, 0.717) is 23.9 Å². The Morgan fingerprint density at radius 3 is 1.43 bits per heavy atom. The lowest BCUT2D eigenvalue weighted by molar-refractivity contribution is -0.870. The van der Waals surface area contributed by atoms with Crippen molar-refractivity contribution in [1.82, 2.24) is 5.32 Å². The molecule has 54 heavy (non-hydrogen) atoms. The van der Waals surface area contributed by atoms with E-state index in [9.17, 15) is 19.4 Å². The second-order valence-electron chi connectivity index (χ2n) is 17.1. The molecule has 0 aliphatic rings. The third-order valence-electron chi connectivity index (χ3n) is 10.5. The van der Waals surface area contributed by atoms with E-state index in [1.54, 1.807) is 0 Å². The number of nitrogens with one attached hydrogen (secondary N) is 1. The maximum absolute atomic E-state index is 12.9. The van der Waals surface area contributed by atoms with Gasteiger partial charge in [-0.05, 0) is 38.5 Å². The molecule has 0 rings (SSSR count). The zero-order chi connectivity index (χ0) is 40.0. The standard InChI is InChI=1S/C45H91N2O6P/c1-6-8-10-12-14-16-18-20-22-23-24-25-27-29-31-33-35-37-39-45(49)46-43(42-53-54(50,51)52-41-40-47(3,4)5)44(48)38-36-34-32-30-28-26-21-19-17-15-13-11-9-7-2/h28,30,43-44,48H,6-27,29,31-42H2,1-5H3,(H-,46,49,50,51)/p+1/b30-28+/t43-,44+/m0/s1. The number of phosphoric ester groups is 1. The van der Waals surface area contributed by atoms with Crippen LogP contribution in [0.2, 0.25) is 0 Å². The molecule has 3 N–H and O–H groups in total. The summed E-state index contributed by atoms with van der Waals surface area (Å²) < 4.78 is 23.6. The van der Waals surface area contributed by atoms with Crippen molar-refractivity contribution in [3.8, 4) is 0 Å². The molecule has 0 aliphatic heterocycles. The molecule has 9 heteroatoms. The highest BCUT2D eigenvalue weighted by molar-refractivity contribution is 7.47. The van der Waals surface area contributed by atoms with Crippen LogP contribution in [-0.2, 0) is 18.4 Å². The number of hydrogen-bond donors (Lipinski definition) is 3. The Kier molecular flexibility index (Phi) is 37.3. The second-order valence-corrected chi connectivity index (χ2v) is 18.6. The molecule has 0 saturated heterocycles. The summed E-state index contributed by atoms with van der Waals surface area (Å²) >= 11 is 0. The highest BCUT2D eigenvalue weighted by Gasteiger charge is 2.28. The number of nitrogens with zero attached hydrogens (tertiary/aromatic N) is 1. The van der Waals surface area contributed by atoms with Gasteiger partial charge in [0.1, 0.15) is 13.2 Å². The summed E-state index contributed by atoms with van der Waals surface area (Å²) in [5, 5.41) is 13.9. The molecule has 0 aliphatic carbocycles. The van der Waals surface area contributed by atoms with Crippen molar-refractivity contribution in [2.45, 2.75) is 231 Å². The van der Waals surface area contributed by atoms with Gasteiger partial charge in [-0.15, -0.1) is 0 Å². The lowest BCUT2D eigenvalue weighted by Crippen LogP contribution is -2.46. The van der Waals surface area contributed by atoms with Crippen molar-refractivity contribution in [2.24, 2.45) is 0 Å². The molecule has 3 atom stereocenters. The number of quaternary nitrogens is 1. The van der Waals surface area contributed by atoms with Crippen molar-refractivity contribution in [3.05, 3.63) is 12.2 Å². The molecular formula is C45H92N2O6P+. The monoisotopic (exact) mass is 788 g/mol. The molecule has 0 spiro atoms. The van der Waals surface area contributed by atoms with Gasteiger partial charge in [-0.2, -0.15) is 0 Å². The van der Waals surface area contributed by atoms with Gasteiger partial charge in [-0.1, -0.05) is 187 Å². The molecule has 0 aromatic rings. The van der Waals surface area contributed by atoms with Crippen molar-refractivity contribution in [2.75, 3.05) is 40.9 Å². The third kappa shape index (κ3) is 39.5. The summed E-state index contributed by atoms with van der Waals surface area (Å²) in [6.07, 6.45) is 42.4. The van der Waals surface area contributed by atoms with E-state index in [-0.39, 0.29) is 19.1 Å². The van der Waals surface area contributed by atoms with Crippen LogP contribution in [0.15, 0.2) is 12.2 Å². The summed E-state index contributed by atoms with van der Waals surface area (Å²) in [4.78, 5) is 23.1. The van der Waals surface area contributed by atoms with E-state index in [2.05, 4.69) is 31.3 Å². The number of hydrogen-bond acceptors (Lipinski definition) is 5. The SMILES string of the molecule is CCCCCCCCCC/C=C/CCCC[C@@H](O)[C@H](COP(=O)(O)OCC[N+](C)(C)C)NC(=O)CCCCCCCCCCCCCCCCCCCC. The van der Waals surface area contributed by atoms with E-state index in [0.717, 1.165) is 44.9 Å². The molecule has 0 heterocycles. The van der Waals surface area contributed by atoms with Gasteiger partial charge in [0.05, 0.1) is 39.9 Å².